The normalized spacial score (nSPS) is 10.6. The van der Waals surface area contributed by atoms with E-state index in [1.807, 2.05) is 32.0 Å². The Morgan fingerprint density at radius 2 is 2.13 bits per heavy atom. The van der Waals surface area contributed by atoms with Crippen LogP contribution in [0.25, 0.3) is 0 Å². The van der Waals surface area contributed by atoms with Gasteiger partial charge in [0.25, 0.3) is 5.56 Å². The molecule has 0 aliphatic rings. The first-order valence-electron chi connectivity index (χ1n) is 7.13. The predicted octanol–water partition coefficient (Wildman–Crippen LogP) is 1.23. The summed E-state index contributed by atoms with van der Waals surface area (Å²) in [6.45, 7) is 3.88. The molecule has 0 atom stereocenters. The third-order valence-electron chi connectivity index (χ3n) is 3.56. The molecule has 0 saturated heterocycles. The number of amides is 1. The van der Waals surface area contributed by atoms with Crippen LogP contribution in [0.4, 0.5) is 11.6 Å². The zero-order valence-corrected chi connectivity index (χ0v) is 13.4. The highest BCUT2D eigenvalue weighted by atomic mass is 16.5. The lowest BCUT2D eigenvalue weighted by atomic mass is 10.1. The number of nitrogen functional groups attached to an aromatic ring is 1. The zero-order valence-electron chi connectivity index (χ0n) is 13.4. The van der Waals surface area contributed by atoms with E-state index in [0.29, 0.717) is 11.4 Å². The largest absolute Gasteiger partial charge is 0.378 e. The topological polar surface area (TPSA) is 99.2 Å². The first kappa shape index (κ1) is 16.7. The number of hydrogen-bond acceptors (Lipinski definition) is 5. The quantitative estimate of drug-likeness (QED) is 0.864. The van der Waals surface area contributed by atoms with Crippen molar-refractivity contribution in [3.8, 4) is 0 Å². The molecule has 0 radical (unpaired) electrons. The van der Waals surface area contributed by atoms with E-state index in [2.05, 4.69) is 10.3 Å². The average molecular weight is 316 g/mol. The van der Waals surface area contributed by atoms with E-state index in [4.69, 9.17) is 10.5 Å². The Hall–Kier alpha value is -2.67. The van der Waals surface area contributed by atoms with Crippen molar-refractivity contribution in [1.82, 2.24) is 9.55 Å². The minimum absolute atomic E-state index is 0.0133. The number of nitrogens with two attached hydrogens (primary N) is 1. The van der Waals surface area contributed by atoms with Gasteiger partial charge in [-0.05, 0) is 31.0 Å². The standard InChI is InChI=1S/C16H20N4O3/c1-10-5-4-6-13(11(10)2)19-14(21)8-20-15(22)7-12(9-23-3)18-16(20)17/h4-7H,8-9H2,1-3H3,(H2,17,18)(H,19,21). The van der Waals surface area contributed by atoms with Crippen molar-refractivity contribution in [2.45, 2.75) is 27.0 Å². The first-order valence-corrected chi connectivity index (χ1v) is 7.13. The van der Waals surface area contributed by atoms with Gasteiger partial charge >= 0.3 is 0 Å². The summed E-state index contributed by atoms with van der Waals surface area (Å²) in [5.41, 5.74) is 8.58. The summed E-state index contributed by atoms with van der Waals surface area (Å²) in [4.78, 5) is 28.3. The predicted molar refractivity (Wildman–Crippen MR) is 88.2 cm³/mol. The Balaban J connectivity index is 2.17. The van der Waals surface area contributed by atoms with Crippen LogP contribution in [-0.4, -0.2) is 22.6 Å². The highest BCUT2D eigenvalue weighted by Gasteiger charge is 2.11. The van der Waals surface area contributed by atoms with Crippen molar-refractivity contribution in [3.63, 3.8) is 0 Å². The molecule has 1 aromatic carbocycles. The van der Waals surface area contributed by atoms with Crippen molar-refractivity contribution in [2.24, 2.45) is 0 Å². The maximum absolute atomic E-state index is 12.2. The Morgan fingerprint density at radius 1 is 1.39 bits per heavy atom. The van der Waals surface area contributed by atoms with Gasteiger partial charge in [0.15, 0.2) is 0 Å². The number of anilines is 2. The van der Waals surface area contributed by atoms with Gasteiger partial charge in [0, 0.05) is 18.9 Å². The highest BCUT2D eigenvalue weighted by Crippen LogP contribution is 2.17. The molecule has 2 rings (SSSR count). The van der Waals surface area contributed by atoms with E-state index in [0.717, 1.165) is 15.7 Å². The molecule has 1 amide bonds. The van der Waals surface area contributed by atoms with Gasteiger partial charge in [0.1, 0.15) is 6.54 Å². The number of aryl methyl sites for hydroxylation is 1. The van der Waals surface area contributed by atoms with Crippen LogP contribution in [0.1, 0.15) is 16.8 Å². The van der Waals surface area contributed by atoms with Crippen molar-refractivity contribution in [2.75, 3.05) is 18.2 Å². The van der Waals surface area contributed by atoms with Crippen LogP contribution in [0.5, 0.6) is 0 Å². The number of nitrogens with zero attached hydrogens (tertiary/aromatic N) is 2. The second kappa shape index (κ2) is 7.06. The molecule has 3 N–H and O–H groups in total. The van der Waals surface area contributed by atoms with E-state index >= 15 is 0 Å². The highest BCUT2D eigenvalue weighted by molar-refractivity contribution is 5.91. The third kappa shape index (κ3) is 3.95. The Morgan fingerprint density at radius 3 is 2.78 bits per heavy atom. The number of carbonyl (C=O) groups is 1. The van der Waals surface area contributed by atoms with Gasteiger partial charge in [-0.2, -0.15) is 0 Å². The molecule has 7 heteroatoms. The molecular formula is C16H20N4O3. The summed E-state index contributed by atoms with van der Waals surface area (Å²) in [5, 5.41) is 2.79. The number of rotatable bonds is 5. The fraction of sp³-hybridized carbons (Fsp3) is 0.312. The van der Waals surface area contributed by atoms with Crippen LogP contribution in [0.3, 0.4) is 0 Å². The van der Waals surface area contributed by atoms with Crippen LogP contribution in [0, 0.1) is 13.8 Å². The summed E-state index contributed by atoms with van der Waals surface area (Å²) < 4.78 is 6.04. The number of ether oxygens (including phenoxy) is 1. The van der Waals surface area contributed by atoms with E-state index in [-0.39, 0.29) is 30.6 Å². The molecule has 1 heterocycles. The number of aromatic nitrogens is 2. The Bertz CT molecular complexity index is 783. The van der Waals surface area contributed by atoms with Crippen LogP contribution >= 0.6 is 0 Å². The summed E-state index contributed by atoms with van der Waals surface area (Å²) in [6, 6.07) is 6.95. The molecule has 0 unspecified atom stereocenters. The number of benzene rings is 1. The molecule has 23 heavy (non-hydrogen) atoms. The number of carbonyl (C=O) groups excluding carboxylic acids is 1. The van der Waals surface area contributed by atoms with Crippen molar-refractivity contribution < 1.29 is 9.53 Å². The second-order valence-corrected chi connectivity index (χ2v) is 5.26. The smallest absolute Gasteiger partial charge is 0.255 e. The molecular weight excluding hydrogens is 296 g/mol. The molecule has 0 bridgehead atoms. The summed E-state index contributed by atoms with van der Waals surface area (Å²) in [5.74, 6) is -0.352. The fourth-order valence-corrected chi connectivity index (χ4v) is 2.17. The van der Waals surface area contributed by atoms with Gasteiger partial charge in [-0.1, -0.05) is 12.1 Å². The first-order chi connectivity index (χ1) is 10.9. The van der Waals surface area contributed by atoms with E-state index < -0.39 is 0 Å². The summed E-state index contributed by atoms with van der Waals surface area (Å²) in [7, 11) is 1.50. The van der Waals surface area contributed by atoms with Gasteiger partial charge in [-0.3, -0.25) is 14.2 Å². The lowest BCUT2D eigenvalue weighted by Gasteiger charge is -2.12. The SMILES string of the molecule is COCc1cc(=O)n(CC(=O)Nc2cccc(C)c2C)c(N)n1. The van der Waals surface area contributed by atoms with Crippen LogP contribution in [0.15, 0.2) is 29.1 Å². The van der Waals surface area contributed by atoms with Gasteiger partial charge in [0.2, 0.25) is 11.9 Å². The summed E-state index contributed by atoms with van der Waals surface area (Å²) in [6.07, 6.45) is 0. The van der Waals surface area contributed by atoms with E-state index in [1.165, 1.54) is 13.2 Å². The van der Waals surface area contributed by atoms with E-state index in [1.54, 1.807) is 0 Å². The van der Waals surface area contributed by atoms with Gasteiger partial charge < -0.3 is 15.8 Å². The molecule has 0 aliphatic heterocycles. The van der Waals surface area contributed by atoms with Gasteiger partial charge in [-0.25, -0.2) is 4.98 Å². The van der Waals surface area contributed by atoms with Crippen molar-refractivity contribution >= 4 is 17.5 Å². The zero-order chi connectivity index (χ0) is 17.0. The number of methoxy groups -OCH3 is 1. The molecule has 0 fully saturated rings. The third-order valence-corrected chi connectivity index (χ3v) is 3.56. The van der Waals surface area contributed by atoms with Crippen molar-refractivity contribution in [1.29, 1.82) is 0 Å². The lowest BCUT2D eigenvalue weighted by Crippen LogP contribution is -2.30. The van der Waals surface area contributed by atoms with Crippen LogP contribution in [0.2, 0.25) is 0 Å². The molecule has 2 aromatic rings. The lowest BCUT2D eigenvalue weighted by molar-refractivity contribution is -0.116. The van der Waals surface area contributed by atoms with E-state index in [9.17, 15) is 9.59 Å². The van der Waals surface area contributed by atoms with Gasteiger partial charge in [-0.15, -0.1) is 0 Å². The molecule has 0 saturated carbocycles. The maximum Gasteiger partial charge on any atom is 0.255 e. The molecule has 122 valence electrons. The fourth-order valence-electron chi connectivity index (χ4n) is 2.17. The number of hydrogen-bond donors (Lipinski definition) is 2. The molecule has 7 nitrogen and oxygen atoms in total. The van der Waals surface area contributed by atoms with Crippen molar-refractivity contribution in [3.05, 3.63) is 51.4 Å². The Kier molecular flexibility index (Phi) is 5.13. The average Bonchev–Trinajstić information content (AvgIpc) is 2.48. The number of nitrogens with one attached hydrogen (secondary N) is 1. The molecule has 0 spiro atoms. The summed E-state index contributed by atoms with van der Waals surface area (Å²) >= 11 is 0. The maximum atomic E-state index is 12.2. The molecule has 0 aliphatic carbocycles. The monoisotopic (exact) mass is 316 g/mol. The second-order valence-electron chi connectivity index (χ2n) is 5.26. The molecule has 1 aromatic heterocycles. The van der Waals surface area contributed by atoms with Crippen LogP contribution < -0.4 is 16.6 Å². The Labute approximate surface area is 134 Å². The minimum Gasteiger partial charge on any atom is -0.378 e. The van der Waals surface area contributed by atoms with Crippen LogP contribution in [-0.2, 0) is 22.7 Å². The minimum atomic E-state index is -0.388. The van der Waals surface area contributed by atoms with Gasteiger partial charge in [0.05, 0.1) is 12.3 Å².